The van der Waals surface area contributed by atoms with Gasteiger partial charge in [-0.3, -0.25) is 0 Å². The fourth-order valence-electron chi connectivity index (χ4n) is 5.94. The first-order chi connectivity index (χ1) is 11.0. The molecule has 0 aromatic heterocycles. The van der Waals surface area contributed by atoms with Crippen LogP contribution in [-0.2, 0) is 6.42 Å². The molecule has 2 nitrogen and oxygen atoms in total. The van der Waals surface area contributed by atoms with E-state index in [1.807, 2.05) is 0 Å². The van der Waals surface area contributed by atoms with E-state index in [9.17, 15) is 5.11 Å². The lowest BCUT2D eigenvalue weighted by molar-refractivity contribution is -0.0646. The monoisotopic (exact) mass is 310 g/mol. The van der Waals surface area contributed by atoms with Gasteiger partial charge >= 0.3 is 0 Å². The highest BCUT2D eigenvalue weighted by Gasteiger charge is 2.61. The molecule has 2 heteroatoms. The van der Waals surface area contributed by atoms with E-state index in [2.05, 4.69) is 31.0 Å². The predicted octanol–water partition coefficient (Wildman–Crippen LogP) is 3.92. The third-order valence-corrected chi connectivity index (χ3v) is 7.32. The number of fused-ring (bicyclic) bond motifs is 5. The average Bonchev–Trinajstić information content (AvgIpc) is 2.86. The lowest BCUT2D eigenvalue weighted by atomic mass is 9.53. The molecule has 3 aliphatic rings. The van der Waals surface area contributed by atoms with E-state index in [1.54, 1.807) is 7.11 Å². The molecule has 2 saturated carbocycles. The summed E-state index contributed by atoms with van der Waals surface area (Å²) in [5, 5.41) is 11.0. The van der Waals surface area contributed by atoms with Crippen molar-refractivity contribution in [1.82, 2.24) is 0 Å². The molecule has 0 spiro atoms. The Balaban J connectivity index is 1.70. The quantitative estimate of drug-likeness (QED) is 0.797. The second kappa shape index (κ2) is 5.02. The Hall–Kier alpha value is -1.46. The summed E-state index contributed by atoms with van der Waals surface area (Å²) in [5.74, 6) is 5.56. The zero-order valence-electron chi connectivity index (χ0n) is 14.1. The lowest BCUT2D eigenvalue weighted by Gasteiger charge is -2.52. The number of hydrogen-bond acceptors (Lipinski definition) is 2. The number of benzene rings is 1. The van der Waals surface area contributed by atoms with Crippen molar-refractivity contribution in [2.75, 3.05) is 7.11 Å². The highest BCUT2D eigenvalue weighted by Crippen LogP contribution is 2.64. The molecule has 1 aromatic rings. The van der Waals surface area contributed by atoms with Gasteiger partial charge in [0.05, 0.1) is 7.11 Å². The van der Waals surface area contributed by atoms with Gasteiger partial charge < -0.3 is 9.84 Å². The van der Waals surface area contributed by atoms with Crippen LogP contribution < -0.4 is 4.74 Å². The van der Waals surface area contributed by atoms with Crippen LogP contribution in [0.25, 0.3) is 0 Å². The minimum absolute atomic E-state index is 0.104. The van der Waals surface area contributed by atoms with Gasteiger partial charge in [0.25, 0.3) is 0 Å². The first-order valence-electron chi connectivity index (χ1n) is 8.89. The smallest absolute Gasteiger partial charge is 0.130 e. The summed E-state index contributed by atoms with van der Waals surface area (Å²) in [6, 6.07) is 6.59. The van der Waals surface area contributed by atoms with Gasteiger partial charge in [0.1, 0.15) is 11.4 Å². The van der Waals surface area contributed by atoms with Crippen LogP contribution in [0.5, 0.6) is 5.75 Å². The van der Waals surface area contributed by atoms with Crippen LogP contribution in [0.1, 0.15) is 56.1 Å². The van der Waals surface area contributed by atoms with Crippen LogP contribution in [0.15, 0.2) is 18.2 Å². The summed E-state index contributed by atoms with van der Waals surface area (Å²) in [4.78, 5) is 0. The van der Waals surface area contributed by atoms with Crippen molar-refractivity contribution in [1.29, 1.82) is 0 Å². The van der Waals surface area contributed by atoms with Crippen molar-refractivity contribution >= 4 is 0 Å². The summed E-state index contributed by atoms with van der Waals surface area (Å²) >= 11 is 0. The van der Waals surface area contributed by atoms with Crippen molar-refractivity contribution in [2.24, 2.45) is 17.3 Å². The molecule has 0 amide bonds. The molecule has 122 valence electrons. The third-order valence-electron chi connectivity index (χ3n) is 7.32. The molecule has 2 fully saturated rings. The van der Waals surface area contributed by atoms with Gasteiger partial charge in [-0.25, -0.2) is 0 Å². The van der Waals surface area contributed by atoms with Gasteiger partial charge in [-0.15, -0.1) is 6.42 Å². The molecule has 0 aliphatic heterocycles. The number of methoxy groups -OCH3 is 1. The summed E-state index contributed by atoms with van der Waals surface area (Å²) < 4.78 is 5.39. The SMILES string of the molecule is C#C[C@]1(O)CC[C@H]2[C@H]3CCc4cc(OC)ccc4[C@H]3CC[C@@]21C. The maximum atomic E-state index is 11.0. The van der Waals surface area contributed by atoms with Gasteiger partial charge in [-0.2, -0.15) is 0 Å². The van der Waals surface area contributed by atoms with E-state index in [0.717, 1.165) is 37.9 Å². The second-order valence-corrected chi connectivity index (χ2v) is 7.98. The molecule has 0 heterocycles. The Labute approximate surface area is 139 Å². The number of hydrogen-bond donors (Lipinski definition) is 1. The number of aryl methyl sites for hydroxylation is 1. The number of rotatable bonds is 1. The van der Waals surface area contributed by atoms with E-state index >= 15 is 0 Å². The highest BCUT2D eigenvalue weighted by molar-refractivity contribution is 5.41. The van der Waals surface area contributed by atoms with Crippen LogP contribution in [0.3, 0.4) is 0 Å². The van der Waals surface area contributed by atoms with Gasteiger partial charge in [-0.1, -0.05) is 18.9 Å². The summed E-state index contributed by atoms with van der Waals surface area (Å²) in [7, 11) is 1.73. The molecule has 1 N–H and O–H groups in total. The second-order valence-electron chi connectivity index (χ2n) is 7.98. The van der Waals surface area contributed by atoms with Crippen LogP contribution in [0.2, 0.25) is 0 Å². The highest BCUT2D eigenvalue weighted by atomic mass is 16.5. The third kappa shape index (κ3) is 1.93. The van der Waals surface area contributed by atoms with Crippen molar-refractivity contribution in [2.45, 2.75) is 57.0 Å². The van der Waals surface area contributed by atoms with Crippen molar-refractivity contribution in [3.05, 3.63) is 29.3 Å². The number of aliphatic hydroxyl groups is 1. The van der Waals surface area contributed by atoms with Crippen LogP contribution in [0.4, 0.5) is 0 Å². The van der Waals surface area contributed by atoms with Gasteiger partial charge in [0.2, 0.25) is 0 Å². The van der Waals surface area contributed by atoms with E-state index in [0.29, 0.717) is 17.8 Å². The zero-order valence-corrected chi connectivity index (χ0v) is 14.1. The zero-order chi connectivity index (χ0) is 16.2. The minimum atomic E-state index is -0.900. The molecule has 23 heavy (non-hydrogen) atoms. The Kier molecular flexibility index (Phi) is 3.29. The fourth-order valence-corrected chi connectivity index (χ4v) is 5.94. The standard InChI is InChI=1S/C21H26O2/c1-4-21(22)12-10-19-18-7-5-14-13-15(23-3)6-8-16(14)17(18)9-11-20(19,21)2/h1,6,8,13,17-19,22H,5,7,9-12H2,2-3H3/t17-,18+,19+,20+,21+/m1/s1. The predicted molar refractivity (Wildman–Crippen MR) is 91.4 cm³/mol. The summed E-state index contributed by atoms with van der Waals surface area (Å²) in [5.41, 5.74) is 1.97. The van der Waals surface area contributed by atoms with Gasteiger partial charge in [0, 0.05) is 5.41 Å². The Bertz CT molecular complexity index is 673. The molecule has 5 atom stereocenters. The summed E-state index contributed by atoms with van der Waals surface area (Å²) in [6.07, 6.45) is 12.1. The van der Waals surface area contributed by atoms with E-state index < -0.39 is 5.60 Å². The molecule has 4 rings (SSSR count). The fraction of sp³-hybridized carbons (Fsp3) is 0.619. The maximum absolute atomic E-state index is 11.0. The van der Waals surface area contributed by atoms with Crippen molar-refractivity contribution in [3.63, 3.8) is 0 Å². The number of terminal acetylenes is 1. The van der Waals surface area contributed by atoms with Crippen molar-refractivity contribution < 1.29 is 9.84 Å². The normalized spacial score (nSPS) is 41.4. The molecule has 0 bridgehead atoms. The first-order valence-corrected chi connectivity index (χ1v) is 8.89. The average molecular weight is 310 g/mol. The molecule has 3 aliphatic carbocycles. The largest absolute Gasteiger partial charge is 0.497 e. The molecule has 0 unspecified atom stereocenters. The molecule has 0 saturated heterocycles. The molecular weight excluding hydrogens is 284 g/mol. The van der Waals surface area contributed by atoms with Gasteiger partial charge in [-0.05, 0) is 79.5 Å². The van der Waals surface area contributed by atoms with Crippen LogP contribution in [0, 0.1) is 29.6 Å². The Morgan fingerprint density at radius 2 is 2.09 bits per heavy atom. The van der Waals surface area contributed by atoms with Crippen LogP contribution in [-0.4, -0.2) is 17.8 Å². The topological polar surface area (TPSA) is 29.5 Å². The van der Waals surface area contributed by atoms with Gasteiger partial charge in [0.15, 0.2) is 0 Å². The molecular formula is C21H26O2. The minimum Gasteiger partial charge on any atom is -0.497 e. The van der Waals surface area contributed by atoms with E-state index in [-0.39, 0.29) is 5.41 Å². The molecule has 0 radical (unpaired) electrons. The van der Waals surface area contributed by atoms with E-state index in [4.69, 9.17) is 11.2 Å². The first kappa shape index (κ1) is 15.1. The van der Waals surface area contributed by atoms with E-state index in [1.165, 1.54) is 17.5 Å². The maximum Gasteiger partial charge on any atom is 0.130 e. The lowest BCUT2D eigenvalue weighted by Crippen LogP contribution is -2.50. The van der Waals surface area contributed by atoms with Crippen LogP contribution >= 0.6 is 0 Å². The number of ether oxygens (including phenoxy) is 1. The Morgan fingerprint density at radius 3 is 2.83 bits per heavy atom. The van der Waals surface area contributed by atoms with Crippen molar-refractivity contribution in [3.8, 4) is 18.1 Å². The summed E-state index contributed by atoms with van der Waals surface area (Å²) in [6.45, 7) is 2.24. The molecule has 1 aromatic carbocycles. The Morgan fingerprint density at radius 1 is 1.26 bits per heavy atom.